The Balaban J connectivity index is 1.40. The minimum absolute atomic E-state index is 0.243. The molecular formula is C24H34N6O. The van der Waals surface area contributed by atoms with E-state index in [9.17, 15) is 4.79 Å². The number of aliphatic imine (C=N–C) groups is 1. The molecule has 166 valence electrons. The Morgan fingerprint density at radius 2 is 2.00 bits per heavy atom. The lowest BCUT2D eigenvalue weighted by Crippen LogP contribution is -2.45. The third-order valence-electron chi connectivity index (χ3n) is 6.26. The maximum atomic E-state index is 12.7. The Morgan fingerprint density at radius 3 is 2.74 bits per heavy atom. The maximum absolute atomic E-state index is 12.7. The van der Waals surface area contributed by atoms with Crippen LogP contribution in [0.25, 0.3) is 5.69 Å². The highest BCUT2D eigenvalue weighted by molar-refractivity contribution is 5.81. The van der Waals surface area contributed by atoms with Crippen molar-refractivity contribution < 1.29 is 4.79 Å². The molecule has 1 unspecified atom stereocenters. The summed E-state index contributed by atoms with van der Waals surface area (Å²) in [7, 11) is 0. The minimum Gasteiger partial charge on any atom is -0.357 e. The van der Waals surface area contributed by atoms with E-state index in [1.165, 1.54) is 12.8 Å². The molecule has 7 heteroatoms. The number of rotatable bonds is 6. The molecule has 31 heavy (non-hydrogen) atoms. The number of nitrogens with one attached hydrogen (secondary N) is 2. The molecule has 4 rings (SSSR count). The molecule has 0 radical (unpaired) electrons. The summed E-state index contributed by atoms with van der Waals surface area (Å²) in [6.07, 6.45) is 7.46. The van der Waals surface area contributed by atoms with E-state index in [0.717, 1.165) is 61.8 Å². The molecule has 1 aromatic heterocycles. The van der Waals surface area contributed by atoms with Gasteiger partial charge in [0.15, 0.2) is 5.96 Å². The summed E-state index contributed by atoms with van der Waals surface area (Å²) in [5.41, 5.74) is 3.16. The van der Waals surface area contributed by atoms with E-state index in [1.807, 2.05) is 40.9 Å². The average molecular weight is 423 g/mol. The number of hydrogen-bond acceptors (Lipinski definition) is 3. The van der Waals surface area contributed by atoms with Gasteiger partial charge in [0.05, 0.1) is 17.9 Å². The largest absolute Gasteiger partial charge is 0.357 e. The van der Waals surface area contributed by atoms with Crippen LogP contribution in [0.3, 0.4) is 0 Å². The Bertz CT molecular complexity index is 914. The summed E-state index contributed by atoms with van der Waals surface area (Å²) in [4.78, 5) is 19.6. The Morgan fingerprint density at radius 1 is 1.19 bits per heavy atom. The van der Waals surface area contributed by atoms with Crippen molar-refractivity contribution in [2.24, 2.45) is 10.9 Å². The monoisotopic (exact) mass is 422 g/mol. The summed E-state index contributed by atoms with van der Waals surface area (Å²) in [6.45, 7) is 7.02. The fourth-order valence-electron chi connectivity index (χ4n) is 4.60. The van der Waals surface area contributed by atoms with Gasteiger partial charge >= 0.3 is 0 Å². The summed E-state index contributed by atoms with van der Waals surface area (Å²) in [5, 5.41) is 11.4. The van der Waals surface area contributed by atoms with Crippen molar-refractivity contribution in [1.82, 2.24) is 25.3 Å². The normalized spacial score (nSPS) is 19.7. The van der Waals surface area contributed by atoms with Crippen LogP contribution in [0.15, 0.2) is 41.5 Å². The Kier molecular flexibility index (Phi) is 6.89. The maximum Gasteiger partial charge on any atom is 0.225 e. The molecule has 1 atom stereocenters. The number of likely N-dealkylation sites (tertiary alicyclic amines) is 1. The van der Waals surface area contributed by atoms with Crippen molar-refractivity contribution in [3.63, 3.8) is 0 Å². The molecule has 2 heterocycles. The van der Waals surface area contributed by atoms with Crippen LogP contribution in [0.2, 0.25) is 0 Å². The lowest BCUT2D eigenvalue weighted by molar-refractivity contribution is -0.134. The van der Waals surface area contributed by atoms with Crippen LogP contribution in [-0.2, 0) is 11.3 Å². The molecule has 7 nitrogen and oxygen atoms in total. The Hall–Kier alpha value is -2.83. The van der Waals surface area contributed by atoms with Crippen molar-refractivity contribution in [2.45, 2.75) is 58.5 Å². The van der Waals surface area contributed by atoms with E-state index in [0.29, 0.717) is 12.5 Å². The van der Waals surface area contributed by atoms with Gasteiger partial charge in [0.1, 0.15) is 0 Å². The summed E-state index contributed by atoms with van der Waals surface area (Å²) >= 11 is 0. The predicted octanol–water partition coefficient (Wildman–Crippen LogP) is 3.03. The van der Waals surface area contributed by atoms with E-state index in [1.54, 1.807) is 0 Å². The van der Waals surface area contributed by atoms with Crippen LogP contribution in [0, 0.1) is 12.8 Å². The highest BCUT2D eigenvalue weighted by Gasteiger charge is 2.32. The zero-order valence-electron chi connectivity index (χ0n) is 18.7. The van der Waals surface area contributed by atoms with E-state index in [-0.39, 0.29) is 12.0 Å². The molecule has 0 bridgehead atoms. The highest BCUT2D eigenvalue weighted by Crippen LogP contribution is 2.27. The number of amides is 1. The second-order valence-corrected chi connectivity index (χ2v) is 8.62. The zero-order valence-corrected chi connectivity index (χ0v) is 18.7. The number of carbonyl (C=O) groups is 1. The third kappa shape index (κ3) is 5.27. The molecule has 1 aliphatic heterocycles. The smallest absolute Gasteiger partial charge is 0.225 e. The van der Waals surface area contributed by atoms with Crippen molar-refractivity contribution in [2.75, 3.05) is 19.6 Å². The quantitative estimate of drug-likeness (QED) is 0.554. The molecule has 2 aromatic rings. The lowest BCUT2D eigenvalue weighted by atomic mass is 10.1. The molecular weight excluding hydrogens is 388 g/mol. The molecule has 1 aliphatic carbocycles. The zero-order chi connectivity index (χ0) is 21.6. The van der Waals surface area contributed by atoms with Crippen LogP contribution < -0.4 is 10.6 Å². The van der Waals surface area contributed by atoms with E-state index in [2.05, 4.69) is 34.8 Å². The fourth-order valence-corrected chi connectivity index (χ4v) is 4.60. The van der Waals surface area contributed by atoms with Gasteiger partial charge in [-0.3, -0.25) is 4.79 Å². The van der Waals surface area contributed by atoms with Crippen molar-refractivity contribution in [3.8, 4) is 5.69 Å². The van der Waals surface area contributed by atoms with Gasteiger partial charge in [0, 0.05) is 37.8 Å². The number of nitrogens with zero attached hydrogens (tertiary/aromatic N) is 4. The first-order valence-electron chi connectivity index (χ1n) is 11.6. The number of para-hydroxylation sites is 1. The molecule has 1 saturated heterocycles. The Labute approximate surface area is 184 Å². The predicted molar refractivity (Wildman–Crippen MR) is 123 cm³/mol. The molecule has 1 aromatic carbocycles. The first kappa shape index (κ1) is 21.4. The van der Waals surface area contributed by atoms with E-state index < -0.39 is 0 Å². The summed E-state index contributed by atoms with van der Waals surface area (Å²) in [6, 6.07) is 10.5. The first-order chi connectivity index (χ1) is 15.1. The molecule has 1 amide bonds. The van der Waals surface area contributed by atoms with Gasteiger partial charge in [-0.25, -0.2) is 9.67 Å². The van der Waals surface area contributed by atoms with Gasteiger partial charge in [-0.2, -0.15) is 5.10 Å². The van der Waals surface area contributed by atoms with Crippen LogP contribution in [0.5, 0.6) is 0 Å². The standard InChI is InChI=1S/C24H34N6O/c1-3-25-24(27-21-13-14-29(17-21)23(31)19-8-4-5-9-19)26-16-20-10-6-7-11-22(20)30-15-12-18(2)28-30/h6-7,10-12,15,19,21H,3-5,8-9,13-14,16-17H2,1-2H3,(H2,25,26,27). The van der Waals surface area contributed by atoms with Crippen molar-refractivity contribution in [1.29, 1.82) is 0 Å². The second kappa shape index (κ2) is 9.98. The number of carbonyl (C=O) groups excluding carboxylic acids is 1. The van der Waals surface area contributed by atoms with Crippen molar-refractivity contribution >= 4 is 11.9 Å². The molecule has 1 saturated carbocycles. The number of benzene rings is 1. The SMILES string of the molecule is CCNC(=NCc1ccccc1-n1ccc(C)n1)NC1CCN(C(=O)C2CCCC2)C1. The number of hydrogen-bond donors (Lipinski definition) is 2. The van der Waals surface area contributed by atoms with Gasteiger partial charge in [-0.05, 0) is 50.8 Å². The van der Waals surface area contributed by atoms with Crippen LogP contribution in [-0.4, -0.2) is 52.2 Å². The van der Waals surface area contributed by atoms with Gasteiger partial charge in [-0.15, -0.1) is 0 Å². The van der Waals surface area contributed by atoms with Gasteiger partial charge < -0.3 is 15.5 Å². The van der Waals surface area contributed by atoms with E-state index in [4.69, 9.17) is 4.99 Å². The topological polar surface area (TPSA) is 74.6 Å². The second-order valence-electron chi connectivity index (χ2n) is 8.62. The number of aryl methyl sites for hydroxylation is 1. The number of aromatic nitrogens is 2. The molecule has 0 spiro atoms. The molecule has 2 fully saturated rings. The van der Waals surface area contributed by atoms with Crippen LogP contribution in [0.4, 0.5) is 0 Å². The summed E-state index contributed by atoms with van der Waals surface area (Å²) in [5.74, 6) is 1.41. The van der Waals surface area contributed by atoms with Gasteiger partial charge in [-0.1, -0.05) is 31.0 Å². The fraction of sp³-hybridized carbons (Fsp3) is 0.542. The lowest BCUT2D eigenvalue weighted by Gasteiger charge is -2.21. The third-order valence-corrected chi connectivity index (χ3v) is 6.26. The van der Waals surface area contributed by atoms with E-state index >= 15 is 0 Å². The summed E-state index contributed by atoms with van der Waals surface area (Å²) < 4.78 is 1.91. The molecule has 2 aliphatic rings. The highest BCUT2D eigenvalue weighted by atomic mass is 16.2. The molecule has 2 N–H and O–H groups in total. The minimum atomic E-state index is 0.243. The van der Waals surface area contributed by atoms with Crippen LogP contribution >= 0.6 is 0 Å². The van der Waals surface area contributed by atoms with Crippen molar-refractivity contribution in [3.05, 3.63) is 47.8 Å². The first-order valence-corrected chi connectivity index (χ1v) is 11.6. The number of guanidine groups is 1. The van der Waals surface area contributed by atoms with Gasteiger partial charge in [0.25, 0.3) is 0 Å². The van der Waals surface area contributed by atoms with Crippen LogP contribution in [0.1, 0.15) is 50.3 Å². The van der Waals surface area contributed by atoms with Gasteiger partial charge in [0.2, 0.25) is 5.91 Å². The average Bonchev–Trinajstić information content (AvgIpc) is 3.54.